The Hall–Kier alpha value is -2.26. The number of sulfonamides is 1. The van der Waals surface area contributed by atoms with Crippen LogP contribution in [0.3, 0.4) is 0 Å². The molecule has 1 saturated heterocycles. The molecule has 2 unspecified atom stereocenters. The van der Waals surface area contributed by atoms with Gasteiger partial charge in [0.05, 0.1) is 23.6 Å². The molecule has 1 aliphatic rings. The SMILES string of the molecule is CC1CN(c2ccc(NS(=O)(=O)c3ccc(F)cc3F)cc2F)CC(C)O1. The third-order valence-corrected chi connectivity index (χ3v) is 5.56. The number of anilines is 2. The second-order valence-electron chi connectivity index (χ2n) is 6.51. The predicted octanol–water partition coefficient (Wildman–Crippen LogP) is 3.52. The Bertz CT molecular complexity index is 943. The monoisotopic (exact) mass is 400 g/mol. The lowest BCUT2D eigenvalue weighted by atomic mass is 10.2. The number of ether oxygens (including phenoxy) is 1. The Labute approximate surface area is 155 Å². The second kappa shape index (κ2) is 7.40. The number of halogens is 3. The van der Waals surface area contributed by atoms with Crippen molar-refractivity contribution in [1.82, 2.24) is 0 Å². The third kappa shape index (κ3) is 4.36. The smallest absolute Gasteiger partial charge is 0.264 e. The van der Waals surface area contributed by atoms with Gasteiger partial charge in [0.2, 0.25) is 0 Å². The molecular formula is C18H19F3N2O3S. The van der Waals surface area contributed by atoms with Crippen molar-refractivity contribution in [3.05, 3.63) is 53.8 Å². The number of nitrogens with zero attached hydrogens (tertiary/aromatic N) is 1. The first-order valence-corrected chi connectivity index (χ1v) is 9.82. The quantitative estimate of drug-likeness (QED) is 0.853. The fourth-order valence-electron chi connectivity index (χ4n) is 3.10. The van der Waals surface area contributed by atoms with E-state index in [1.807, 2.05) is 18.7 Å². The zero-order chi connectivity index (χ0) is 19.8. The number of rotatable bonds is 4. The minimum Gasteiger partial charge on any atom is -0.372 e. The van der Waals surface area contributed by atoms with Crippen molar-refractivity contribution in [1.29, 1.82) is 0 Å². The van der Waals surface area contributed by atoms with Gasteiger partial charge in [0.1, 0.15) is 22.3 Å². The zero-order valence-electron chi connectivity index (χ0n) is 14.7. The van der Waals surface area contributed by atoms with Gasteiger partial charge in [-0.05, 0) is 38.1 Å². The van der Waals surface area contributed by atoms with Gasteiger partial charge in [-0.25, -0.2) is 21.6 Å². The van der Waals surface area contributed by atoms with Crippen LogP contribution in [-0.2, 0) is 14.8 Å². The van der Waals surface area contributed by atoms with Crippen molar-refractivity contribution in [3.8, 4) is 0 Å². The molecule has 1 heterocycles. The van der Waals surface area contributed by atoms with Crippen molar-refractivity contribution >= 4 is 21.4 Å². The molecule has 2 atom stereocenters. The van der Waals surface area contributed by atoms with Crippen LogP contribution in [0.5, 0.6) is 0 Å². The lowest BCUT2D eigenvalue weighted by Gasteiger charge is -2.37. The van der Waals surface area contributed by atoms with Crippen molar-refractivity contribution < 1.29 is 26.3 Å². The van der Waals surface area contributed by atoms with E-state index in [-0.39, 0.29) is 17.9 Å². The van der Waals surface area contributed by atoms with Crippen LogP contribution in [0.2, 0.25) is 0 Å². The van der Waals surface area contributed by atoms with Crippen LogP contribution in [0.1, 0.15) is 13.8 Å². The molecule has 27 heavy (non-hydrogen) atoms. The van der Waals surface area contributed by atoms with Gasteiger partial charge in [-0.2, -0.15) is 0 Å². The van der Waals surface area contributed by atoms with Crippen LogP contribution < -0.4 is 9.62 Å². The molecule has 0 bridgehead atoms. The van der Waals surface area contributed by atoms with Crippen molar-refractivity contribution in [3.63, 3.8) is 0 Å². The molecular weight excluding hydrogens is 381 g/mol. The van der Waals surface area contributed by atoms with E-state index >= 15 is 0 Å². The van der Waals surface area contributed by atoms with E-state index in [2.05, 4.69) is 4.72 Å². The van der Waals surface area contributed by atoms with Gasteiger partial charge in [-0.3, -0.25) is 4.72 Å². The zero-order valence-corrected chi connectivity index (χ0v) is 15.6. The van der Waals surface area contributed by atoms with Crippen LogP contribution in [0.4, 0.5) is 24.5 Å². The summed E-state index contributed by atoms with van der Waals surface area (Å²) in [5, 5.41) is 0. The first-order valence-electron chi connectivity index (χ1n) is 8.33. The number of benzene rings is 2. The highest BCUT2D eigenvalue weighted by atomic mass is 32.2. The Morgan fingerprint density at radius 2 is 1.67 bits per heavy atom. The largest absolute Gasteiger partial charge is 0.372 e. The number of morpholine rings is 1. The van der Waals surface area contributed by atoms with E-state index in [1.165, 1.54) is 12.1 Å². The average molecular weight is 400 g/mol. The van der Waals surface area contributed by atoms with E-state index in [4.69, 9.17) is 4.74 Å². The minimum absolute atomic E-state index is 0.0608. The highest BCUT2D eigenvalue weighted by molar-refractivity contribution is 7.92. The summed E-state index contributed by atoms with van der Waals surface area (Å²) in [7, 11) is -4.32. The Morgan fingerprint density at radius 3 is 2.26 bits per heavy atom. The van der Waals surface area contributed by atoms with Crippen LogP contribution in [0.15, 0.2) is 41.3 Å². The molecule has 0 saturated carbocycles. The normalized spacial score (nSPS) is 20.6. The molecule has 3 rings (SSSR count). The molecule has 0 amide bonds. The first kappa shape index (κ1) is 19.5. The molecule has 1 fully saturated rings. The van der Waals surface area contributed by atoms with Gasteiger partial charge >= 0.3 is 0 Å². The lowest BCUT2D eigenvalue weighted by Crippen LogP contribution is -2.45. The van der Waals surface area contributed by atoms with Crippen LogP contribution in [0, 0.1) is 17.5 Å². The molecule has 2 aromatic carbocycles. The topological polar surface area (TPSA) is 58.6 Å². The van der Waals surface area contributed by atoms with Crippen LogP contribution in [-0.4, -0.2) is 33.7 Å². The summed E-state index contributed by atoms with van der Waals surface area (Å²) in [6.45, 7) is 4.79. The van der Waals surface area contributed by atoms with Gasteiger partial charge in [0.15, 0.2) is 0 Å². The molecule has 9 heteroatoms. The highest BCUT2D eigenvalue weighted by Gasteiger charge is 2.25. The summed E-state index contributed by atoms with van der Waals surface area (Å²) in [6.07, 6.45) is -0.124. The summed E-state index contributed by atoms with van der Waals surface area (Å²) in [4.78, 5) is 1.11. The van der Waals surface area contributed by atoms with Crippen LogP contribution >= 0.6 is 0 Å². The van der Waals surface area contributed by atoms with Crippen LogP contribution in [0.25, 0.3) is 0 Å². The molecule has 1 aliphatic heterocycles. The van der Waals surface area contributed by atoms with Gasteiger partial charge < -0.3 is 9.64 Å². The molecule has 0 aliphatic carbocycles. The van der Waals surface area contributed by atoms with Gasteiger partial charge in [0, 0.05) is 25.2 Å². The molecule has 1 N–H and O–H groups in total. The van der Waals surface area contributed by atoms with Gasteiger partial charge in [-0.1, -0.05) is 0 Å². The van der Waals surface area contributed by atoms with Gasteiger partial charge in [0.25, 0.3) is 10.0 Å². The van der Waals surface area contributed by atoms with E-state index in [0.717, 1.165) is 18.2 Å². The summed E-state index contributed by atoms with van der Waals surface area (Å²) in [5.74, 6) is -2.73. The van der Waals surface area contributed by atoms with E-state index in [0.29, 0.717) is 24.8 Å². The molecule has 0 spiro atoms. The summed E-state index contributed by atoms with van der Waals surface area (Å²) in [5.41, 5.74) is 0.266. The number of hydrogen-bond donors (Lipinski definition) is 1. The maximum Gasteiger partial charge on any atom is 0.264 e. The number of hydrogen-bond acceptors (Lipinski definition) is 4. The fourth-order valence-corrected chi connectivity index (χ4v) is 4.21. The number of nitrogens with one attached hydrogen (secondary N) is 1. The fraction of sp³-hybridized carbons (Fsp3) is 0.333. The minimum atomic E-state index is -4.32. The predicted molar refractivity (Wildman–Crippen MR) is 95.8 cm³/mol. The van der Waals surface area contributed by atoms with Crippen molar-refractivity contribution in [2.24, 2.45) is 0 Å². The van der Waals surface area contributed by atoms with Gasteiger partial charge in [-0.15, -0.1) is 0 Å². The molecule has 0 aromatic heterocycles. The molecule has 146 valence electrons. The van der Waals surface area contributed by atoms with E-state index < -0.39 is 32.4 Å². The Balaban J connectivity index is 1.83. The standard InChI is InChI=1S/C18H19F3N2O3S/c1-11-9-23(10-12(2)26-11)17-5-4-14(8-15(17)20)22-27(24,25)18-6-3-13(19)7-16(18)21/h3-8,11-12,22H,9-10H2,1-2H3. The molecule has 5 nitrogen and oxygen atoms in total. The third-order valence-electron chi connectivity index (χ3n) is 4.14. The Morgan fingerprint density at radius 1 is 1.00 bits per heavy atom. The maximum atomic E-state index is 14.6. The average Bonchev–Trinajstić information content (AvgIpc) is 2.53. The molecule has 2 aromatic rings. The lowest BCUT2D eigenvalue weighted by molar-refractivity contribution is -0.00539. The van der Waals surface area contributed by atoms with Crippen molar-refractivity contribution in [2.45, 2.75) is 31.0 Å². The highest BCUT2D eigenvalue weighted by Crippen LogP contribution is 2.27. The first-order chi connectivity index (χ1) is 12.7. The summed E-state index contributed by atoms with van der Waals surface area (Å²) in [6, 6.07) is 6.00. The summed E-state index contributed by atoms with van der Waals surface area (Å²) < 4.78 is 73.6. The maximum absolute atomic E-state index is 14.6. The Kier molecular flexibility index (Phi) is 5.34. The van der Waals surface area contributed by atoms with E-state index in [1.54, 1.807) is 0 Å². The summed E-state index contributed by atoms with van der Waals surface area (Å²) >= 11 is 0. The molecule has 0 radical (unpaired) electrons. The van der Waals surface area contributed by atoms with Crippen molar-refractivity contribution in [2.75, 3.05) is 22.7 Å². The van der Waals surface area contributed by atoms with E-state index in [9.17, 15) is 21.6 Å². The second-order valence-corrected chi connectivity index (χ2v) is 8.16.